The molecular weight excluding hydrogens is 897 g/mol. The summed E-state index contributed by atoms with van der Waals surface area (Å²) in [6, 6.07) is 0. The van der Waals surface area contributed by atoms with Crippen LogP contribution in [0, 0.1) is 397 Å². The molecule has 0 fully saturated rings. The number of thiol groups is 1. The first-order valence-corrected chi connectivity index (χ1v) is 19.6. The van der Waals surface area contributed by atoms with Gasteiger partial charge in [-0.05, 0) is 112 Å². The van der Waals surface area contributed by atoms with Crippen molar-refractivity contribution in [2.24, 2.45) is 5.41 Å². The molecule has 310 valence electrons. The van der Waals surface area contributed by atoms with Crippen LogP contribution in [0.5, 0.6) is 0 Å². The highest BCUT2D eigenvalue weighted by Gasteiger charge is 2.06. The second-order valence-electron chi connectivity index (χ2n) is 11.1. The lowest BCUT2D eigenvalue weighted by molar-refractivity contribution is 0.402. The maximum absolute atomic E-state index is 4.94. The van der Waals surface area contributed by atoms with Gasteiger partial charge >= 0.3 is 0 Å². The Kier molecular flexibility index (Phi) is 46.6. The van der Waals surface area contributed by atoms with E-state index in [1.807, 2.05) is 0 Å². The molecule has 0 bridgehead atoms. The van der Waals surface area contributed by atoms with Gasteiger partial charge in [-0.2, -0.15) is 12.6 Å². The molecule has 0 heterocycles. The van der Waals surface area contributed by atoms with Crippen LogP contribution in [0.4, 0.5) is 0 Å². The first-order chi connectivity index (χ1) is 36.0. The molecule has 1 heteroatoms. The summed E-state index contributed by atoms with van der Waals surface area (Å²) in [5.41, 5.74) is 0.474. The molecule has 0 aromatic heterocycles. The summed E-state index contributed by atoms with van der Waals surface area (Å²) in [5.74, 6) is 159. The highest BCUT2D eigenvalue weighted by atomic mass is 32.1. The second-order valence-corrected chi connectivity index (χ2v) is 11.5. The molecule has 0 aromatic carbocycles. The van der Waals surface area contributed by atoms with Crippen LogP contribution in [-0.2, 0) is 0 Å². The van der Waals surface area contributed by atoms with Gasteiger partial charge in [0.25, 0.3) is 0 Å². The second kappa shape index (κ2) is 55.8. The number of terminal acetylenes is 2. The Bertz CT molecular complexity index is 4170. The zero-order valence-electron chi connectivity index (χ0n) is 38.5. The van der Waals surface area contributed by atoms with Crippen molar-refractivity contribution in [3.05, 3.63) is 0 Å². The zero-order chi connectivity index (χ0) is 53.2. The van der Waals surface area contributed by atoms with Gasteiger partial charge in [-0.25, -0.2) is 0 Å². The molecule has 0 saturated carbocycles. The van der Waals surface area contributed by atoms with E-state index in [1.54, 1.807) is 0 Å². The minimum Gasteiger partial charge on any atom is -0.179 e. The third-order valence-electron chi connectivity index (χ3n) is 4.82. The van der Waals surface area contributed by atoms with E-state index in [1.165, 1.54) is 6.42 Å². The van der Waals surface area contributed by atoms with Gasteiger partial charge in [0.2, 0.25) is 0 Å². The Labute approximate surface area is 440 Å². The Morgan fingerprint density at radius 1 is 0.192 bits per heavy atom. The standard InChI is InChI=1S/C66H2.C6H14S/c1-3-5-7-9-11-13-15-17-19-21-23-25-27-29-31-33-35-37-39-41-43-45-47-49-51-53-55-57-59-61-63-65-66-64-62-60-58-56-54-52-50-48-46-44-42-40-38-36-34-32-30-28-26-24-22-20-18-16-14-12-10-8-6-4-2;1-6(2,3)4-5-7/h1-2H;7H,4-5H2,1-3H3. The van der Waals surface area contributed by atoms with Crippen LogP contribution in [0.15, 0.2) is 0 Å². The quantitative estimate of drug-likeness (QED) is 0.304. The van der Waals surface area contributed by atoms with E-state index in [0.29, 0.717) is 5.41 Å². The maximum atomic E-state index is 4.94. The van der Waals surface area contributed by atoms with Crippen LogP contribution in [0.3, 0.4) is 0 Å². The molecule has 0 spiro atoms. The van der Waals surface area contributed by atoms with E-state index in [9.17, 15) is 0 Å². The van der Waals surface area contributed by atoms with Crippen molar-refractivity contribution in [1.82, 2.24) is 0 Å². The smallest absolute Gasteiger partial charge is 0 e. The third kappa shape index (κ3) is 64.6. The fraction of sp³-hybridized carbons (Fsp3) is 0.0833. The van der Waals surface area contributed by atoms with Crippen LogP contribution < -0.4 is 0 Å². The highest BCUT2D eigenvalue weighted by Crippen LogP contribution is 2.18. The summed E-state index contributed by atoms with van der Waals surface area (Å²) < 4.78 is 0. The van der Waals surface area contributed by atoms with E-state index in [4.69, 9.17) is 12.8 Å². The van der Waals surface area contributed by atoms with Crippen LogP contribution >= 0.6 is 12.6 Å². The van der Waals surface area contributed by atoms with Gasteiger partial charge in [0.1, 0.15) is 0 Å². The summed E-state index contributed by atoms with van der Waals surface area (Å²) in [5, 5.41) is 0. The van der Waals surface area contributed by atoms with Crippen LogP contribution in [-0.4, -0.2) is 5.75 Å². The number of rotatable bonds is 1. The molecule has 0 rings (SSSR count). The van der Waals surface area contributed by atoms with Crippen LogP contribution in [0.2, 0.25) is 0 Å². The average molecular weight is 913 g/mol. The largest absolute Gasteiger partial charge is 0.179 e. The van der Waals surface area contributed by atoms with E-state index < -0.39 is 0 Å². The van der Waals surface area contributed by atoms with Crippen molar-refractivity contribution >= 4 is 12.6 Å². The highest BCUT2D eigenvalue weighted by molar-refractivity contribution is 7.80. The SMILES string of the molecule is C#CC#CC#CC#CC#CC#CC#CC#CC#CC#CC#CC#CC#CC#CC#CC#CC#CC#CC#CC#CC#CC#CC#CC#CC#CC#CC#CC#CC#CC#CC#CC#CC#C.CC(C)(C)CCS. The molecular formula is C72H16S. The number of hydrogen-bond donors (Lipinski definition) is 1. The molecule has 0 nitrogen and oxygen atoms in total. The topological polar surface area (TPSA) is 0 Å². The molecule has 0 N–H and O–H groups in total. The summed E-state index contributed by atoms with van der Waals surface area (Å²) in [6.07, 6.45) is 11.1. The summed E-state index contributed by atoms with van der Waals surface area (Å²) >= 11 is 4.11. The lowest BCUT2D eigenvalue weighted by atomic mass is 9.94. The van der Waals surface area contributed by atoms with Crippen molar-refractivity contribution in [3.63, 3.8) is 0 Å². The predicted molar refractivity (Wildman–Crippen MR) is 297 cm³/mol. The van der Waals surface area contributed by atoms with Gasteiger partial charge in [0, 0.05) is 284 Å². The molecule has 0 radical (unpaired) electrons. The first kappa shape index (κ1) is 60.9. The van der Waals surface area contributed by atoms with Crippen molar-refractivity contribution in [3.8, 4) is 392 Å². The van der Waals surface area contributed by atoms with E-state index in [-0.39, 0.29) is 0 Å². The molecule has 0 aliphatic rings. The zero-order valence-corrected chi connectivity index (χ0v) is 39.4. The van der Waals surface area contributed by atoms with Gasteiger partial charge < -0.3 is 0 Å². The first-order valence-electron chi connectivity index (χ1n) is 19.0. The molecule has 73 heavy (non-hydrogen) atoms. The van der Waals surface area contributed by atoms with Crippen molar-refractivity contribution in [1.29, 1.82) is 0 Å². The Hall–Kier alpha value is -14.2. The van der Waals surface area contributed by atoms with Gasteiger partial charge in [-0.15, -0.1) is 12.8 Å². The fourth-order valence-corrected chi connectivity index (χ4v) is 2.95. The van der Waals surface area contributed by atoms with Crippen molar-refractivity contribution in [2.45, 2.75) is 27.2 Å². The summed E-state index contributed by atoms with van der Waals surface area (Å²) in [6.45, 7) is 6.68. The minimum atomic E-state index is 0.474. The molecule has 0 saturated heterocycles. The lowest BCUT2D eigenvalue weighted by Crippen LogP contribution is -2.04. The van der Waals surface area contributed by atoms with Crippen molar-refractivity contribution in [2.75, 3.05) is 5.75 Å². The van der Waals surface area contributed by atoms with E-state index >= 15 is 0 Å². The molecule has 0 atom stereocenters. The normalized spacial score (nSPS) is 4.68. The minimum absolute atomic E-state index is 0.474. The Balaban J connectivity index is 0. The Morgan fingerprint density at radius 3 is 0.315 bits per heavy atom. The molecule has 0 amide bonds. The number of hydrogen-bond acceptors (Lipinski definition) is 1. The monoisotopic (exact) mass is 912 g/mol. The van der Waals surface area contributed by atoms with Crippen LogP contribution in [0.25, 0.3) is 0 Å². The molecule has 0 aromatic rings. The predicted octanol–water partition coefficient (Wildman–Crippen LogP) is 2.71. The molecule has 0 aliphatic carbocycles. The summed E-state index contributed by atoms with van der Waals surface area (Å²) in [7, 11) is 0. The fourth-order valence-electron chi connectivity index (χ4n) is 2.28. The average Bonchev–Trinajstić information content (AvgIpc) is 3.37. The third-order valence-corrected chi connectivity index (χ3v) is 5.04. The van der Waals surface area contributed by atoms with Gasteiger partial charge in [0.05, 0.1) is 0 Å². The van der Waals surface area contributed by atoms with Gasteiger partial charge in [0.15, 0.2) is 0 Å². The maximum Gasteiger partial charge on any atom is 0 e. The van der Waals surface area contributed by atoms with Crippen LogP contribution in [0.1, 0.15) is 27.2 Å². The van der Waals surface area contributed by atoms with Gasteiger partial charge in [-0.3, -0.25) is 0 Å². The van der Waals surface area contributed by atoms with Gasteiger partial charge in [-0.1, -0.05) is 20.8 Å². The molecule has 0 unspecified atom stereocenters. The summed E-state index contributed by atoms with van der Waals surface area (Å²) in [4.78, 5) is 0. The lowest BCUT2D eigenvalue weighted by Gasteiger charge is -2.14. The van der Waals surface area contributed by atoms with E-state index in [0.717, 1.165) is 5.75 Å². The molecule has 0 aliphatic heterocycles. The Morgan fingerprint density at radius 2 is 0.274 bits per heavy atom. The van der Waals surface area contributed by atoms with E-state index in [2.05, 4.69) is 412 Å². The van der Waals surface area contributed by atoms with Crippen molar-refractivity contribution < 1.29 is 0 Å².